The molecule has 25 heavy (non-hydrogen) atoms. The van der Waals surface area contributed by atoms with Gasteiger partial charge in [0.05, 0.1) is 11.2 Å². The summed E-state index contributed by atoms with van der Waals surface area (Å²) in [6.45, 7) is 1.99. The minimum atomic E-state index is 0.00753. The molecule has 4 rings (SSSR count). The Hall–Kier alpha value is -3.33. The molecule has 2 heterocycles. The van der Waals surface area contributed by atoms with E-state index >= 15 is 0 Å². The summed E-state index contributed by atoms with van der Waals surface area (Å²) in [5, 5.41) is 0. The molecule has 4 aromatic rings. The van der Waals surface area contributed by atoms with E-state index in [0.29, 0.717) is 11.3 Å². The molecule has 0 atom stereocenters. The molecule has 2 N–H and O–H groups in total. The van der Waals surface area contributed by atoms with E-state index in [9.17, 15) is 4.79 Å². The van der Waals surface area contributed by atoms with Gasteiger partial charge in [-0.1, -0.05) is 48.5 Å². The van der Waals surface area contributed by atoms with Crippen LogP contribution in [-0.2, 0) is 0 Å². The van der Waals surface area contributed by atoms with Crippen LogP contribution < -0.4 is 5.73 Å². The highest BCUT2D eigenvalue weighted by Crippen LogP contribution is 2.31. The number of carbonyl (C=O) groups excluding carboxylic acids is 1. The van der Waals surface area contributed by atoms with Gasteiger partial charge >= 0.3 is 0 Å². The maximum absolute atomic E-state index is 13.0. The number of hydrogen-bond acceptors (Lipinski definition) is 2. The molecule has 0 saturated carbocycles. The van der Waals surface area contributed by atoms with Gasteiger partial charge in [0.1, 0.15) is 0 Å². The summed E-state index contributed by atoms with van der Waals surface area (Å²) in [6, 6.07) is 23.3. The summed E-state index contributed by atoms with van der Waals surface area (Å²) < 4.78 is 1.95. The van der Waals surface area contributed by atoms with E-state index in [1.54, 1.807) is 0 Å². The number of aromatic nitrogens is 1. The number of anilines is 1. The molecule has 0 bridgehead atoms. The molecule has 3 heteroatoms. The number of nitrogens with zero attached hydrogens (tertiary/aromatic N) is 1. The zero-order chi connectivity index (χ0) is 17.4. The van der Waals surface area contributed by atoms with Crippen LogP contribution in [0.2, 0.25) is 0 Å². The molecule has 0 amide bonds. The highest BCUT2D eigenvalue weighted by Gasteiger charge is 2.17. The second-order valence-electron chi connectivity index (χ2n) is 6.17. The number of ketones is 1. The second-order valence-corrected chi connectivity index (χ2v) is 6.17. The molecule has 2 aromatic carbocycles. The standard InChI is InChI=1S/C22H18N2O/c1-15-10-11-17(13-19(15)23)18-14-21(24-12-6-5-9-20(18)24)22(25)16-7-3-2-4-8-16/h2-14H,23H2,1H3. The number of hydrogen-bond donors (Lipinski definition) is 1. The highest BCUT2D eigenvalue weighted by molar-refractivity contribution is 6.10. The first-order valence-electron chi connectivity index (χ1n) is 8.21. The fourth-order valence-corrected chi connectivity index (χ4v) is 3.10. The number of rotatable bonds is 3. The lowest BCUT2D eigenvalue weighted by molar-refractivity contribution is 0.103. The fraction of sp³-hybridized carbons (Fsp3) is 0.0455. The molecule has 0 saturated heterocycles. The number of nitrogen functional groups attached to an aromatic ring is 1. The fourth-order valence-electron chi connectivity index (χ4n) is 3.10. The third kappa shape index (κ3) is 2.60. The van der Waals surface area contributed by atoms with Crippen molar-refractivity contribution >= 4 is 17.0 Å². The van der Waals surface area contributed by atoms with E-state index in [1.807, 2.05) is 90.3 Å². The Morgan fingerprint density at radius 3 is 2.44 bits per heavy atom. The molecule has 0 spiro atoms. The van der Waals surface area contributed by atoms with Crippen molar-refractivity contribution in [2.75, 3.05) is 5.73 Å². The van der Waals surface area contributed by atoms with Crippen molar-refractivity contribution in [3.05, 3.63) is 95.8 Å². The van der Waals surface area contributed by atoms with Crippen LogP contribution in [0.1, 0.15) is 21.6 Å². The van der Waals surface area contributed by atoms with Crippen molar-refractivity contribution in [2.24, 2.45) is 0 Å². The summed E-state index contributed by atoms with van der Waals surface area (Å²) in [7, 11) is 0. The lowest BCUT2D eigenvalue weighted by Crippen LogP contribution is -2.04. The molecule has 2 aromatic heterocycles. The molecule has 0 aliphatic carbocycles. The smallest absolute Gasteiger partial charge is 0.209 e. The van der Waals surface area contributed by atoms with Gasteiger partial charge in [0, 0.05) is 23.0 Å². The normalized spacial score (nSPS) is 10.9. The maximum Gasteiger partial charge on any atom is 0.209 e. The van der Waals surface area contributed by atoms with Crippen molar-refractivity contribution in [3.63, 3.8) is 0 Å². The van der Waals surface area contributed by atoms with Crippen molar-refractivity contribution in [1.82, 2.24) is 4.40 Å². The van der Waals surface area contributed by atoms with Crippen LogP contribution in [0.15, 0.2) is 79.0 Å². The molecule has 0 fully saturated rings. The molecular weight excluding hydrogens is 308 g/mol. The lowest BCUT2D eigenvalue weighted by atomic mass is 10.0. The Bertz CT molecular complexity index is 1080. The van der Waals surface area contributed by atoms with Crippen molar-refractivity contribution < 1.29 is 4.79 Å². The summed E-state index contributed by atoms with van der Waals surface area (Å²) in [5.74, 6) is 0.00753. The van der Waals surface area contributed by atoms with E-state index in [0.717, 1.165) is 27.9 Å². The van der Waals surface area contributed by atoms with Crippen LogP contribution in [-0.4, -0.2) is 10.2 Å². The van der Waals surface area contributed by atoms with E-state index in [2.05, 4.69) is 0 Å². The van der Waals surface area contributed by atoms with Gasteiger partial charge in [-0.3, -0.25) is 4.79 Å². The summed E-state index contributed by atoms with van der Waals surface area (Å²) in [6.07, 6.45) is 1.92. The molecule has 0 aliphatic heterocycles. The predicted molar refractivity (Wildman–Crippen MR) is 102 cm³/mol. The number of aryl methyl sites for hydroxylation is 1. The summed E-state index contributed by atoms with van der Waals surface area (Å²) in [5.41, 5.74) is 12.2. The zero-order valence-electron chi connectivity index (χ0n) is 13.9. The van der Waals surface area contributed by atoms with Crippen molar-refractivity contribution in [3.8, 4) is 11.1 Å². The van der Waals surface area contributed by atoms with Crippen LogP contribution in [0.3, 0.4) is 0 Å². The van der Waals surface area contributed by atoms with Crippen LogP contribution in [0.5, 0.6) is 0 Å². The molecule has 0 radical (unpaired) electrons. The molecule has 122 valence electrons. The third-order valence-electron chi connectivity index (χ3n) is 4.54. The molecule has 0 unspecified atom stereocenters. The number of pyridine rings is 1. The number of benzene rings is 2. The van der Waals surface area contributed by atoms with Crippen LogP contribution >= 0.6 is 0 Å². The predicted octanol–water partition coefficient (Wildman–Crippen LogP) is 4.73. The topological polar surface area (TPSA) is 47.5 Å². The highest BCUT2D eigenvalue weighted by atomic mass is 16.1. The summed E-state index contributed by atoms with van der Waals surface area (Å²) in [4.78, 5) is 13.0. The quantitative estimate of drug-likeness (QED) is 0.437. The average molecular weight is 326 g/mol. The second kappa shape index (κ2) is 5.95. The van der Waals surface area contributed by atoms with Gasteiger partial charge in [-0.15, -0.1) is 0 Å². The van der Waals surface area contributed by atoms with Gasteiger partial charge in [-0.05, 0) is 42.3 Å². The minimum Gasteiger partial charge on any atom is -0.398 e. The van der Waals surface area contributed by atoms with Gasteiger partial charge in [-0.25, -0.2) is 0 Å². The molecule has 0 aliphatic rings. The van der Waals surface area contributed by atoms with Crippen molar-refractivity contribution in [1.29, 1.82) is 0 Å². The average Bonchev–Trinajstić information content (AvgIpc) is 3.04. The summed E-state index contributed by atoms with van der Waals surface area (Å²) >= 11 is 0. The maximum atomic E-state index is 13.0. The van der Waals surface area contributed by atoms with Gasteiger partial charge in [0.2, 0.25) is 5.78 Å². The van der Waals surface area contributed by atoms with Gasteiger partial charge in [0.15, 0.2) is 0 Å². The van der Waals surface area contributed by atoms with Gasteiger partial charge in [0.25, 0.3) is 0 Å². The van der Waals surface area contributed by atoms with Crippen LogP contribution in [0, 0.1) is 6.92 Å². The number of carbonyl (C=O) groups is 1. The Labute approximate surface area is 146 Å². The number of fused-ring (bicyclic) bond motifs is 1. The van der Waals surface area contributed by atoms with E-state index in [1.165, 1.54) is 0 Å². The molecular formula is C22H18N2O. The van der Waals surface area contributed by atoms with Gasteiger partial charge in [-0.2, -0.15) is 0 Å². The minimum absolute atomic E-state index is 0.00753. The van der Waals surface area contributed by atoms with E-state index in [4.69, 9.17) is 5.73 Å². The SMILES string of the molecule is Cc1ccc(-c2cc(C(=O)c3ccccc3)n3ccccc23)cc1N. The largest absolute Gasteiger partial charge is 0.398 e. The van der Waals surface area contributed by atoms with Gasteiger partial charge < -0.3 is 10.1 Å². The molecule has 3 nitrogen and oxygen atoms in total. The van der Waals surface area contributed by atoms with Crippen LogP contribution in [0.25, 0.3) is 16.6 Å². The zero-order valence-corrected chi connectivity index (χ0v) is 13.9. The number of nitrogens with two attached hydrogens (primary N) is 1. The Morgan fingerprint density at radius 1 is 0.920 bits per heavy atom. The van der Waals surface area contributed by atoms with Crippen LogP contribution in [0.4, 0.5) is 5.69 Å². The van der Waals surface area contributed by atoms with E-state index in [-0.39, 0.29) is 5.78 Å². The first-order chi connectivity index (χ1) is 12.1. The Morgan fingerprint density at radius 2 is 1.68 bits per heavy atom. The Balaban J connectivity index is 1.93. The first-order valence-corrected chi connectivity index (χ1v) is 8.21. The first kappa shape index (κ1) is 15.2. The Kier molecular flexibility index (Phi) is 3.62. The third-order valence-corrected chi connectivity index (χ3v) is 4.54. The van der Waals surface area contributed by atoms with Crippen molar-refractivity contribution in [2.45, 2.75) is 6.92 Å². The monoisotopic (exact) mass is 326 g/mol. The van der Waals surface area contributed by atoms with E-state index < -0.39 is 0 Å². The lowest BCUT2D eigenvalue weighted by Gasteiger charge is -2.04.